The second kappa shape index (κ2) is 7.98. The van der Waals surface area contributed by atoms with E-state index >= 15 is 0 Å². The van der Waals surface area contributed by atoms with Crippen LogP contribution in [0.25, 0.3) is 0 Å². The van der Waals surface area contributed by atoms with Crippen LogP contribution in [0, 0.1) is 0 Å². The molecular weight excluding hydrogens is 286 g/mol. The third-order valence-electron chi connectivity index (χ3n) is 2.60. The minimum atomic E-state index is -3.61. The zero-order valence-corrected chi connectivity index (χ0v) is 11.8. The lowest BCUT2D eigenvalue weighted by molar-refractivity contribution is -0.137. The molecule has 0 aliphatic heterocycles. The fourth-order valence-electron chi connectivity index (χ4n) is 1.52. The van der Waals surface area contributed by atoms with Crippen LogP contribution in [0.3, 0.4) is 0 Å². The third kappa shape index (κ3) is 5.68. The van der Waals surface area contributed by atoms with Gasteiger partial charge in [-0.3, -0.25) is 9.48 Å². The first kappa shape index (κ1) is 16.6. The molecule has 8 nitrogen and oxygen atoms in total. The molecule has 1 rings (SSSR count). The van der Waals surface area contributed by atoms with Crippen molar-refractivity contribution >= 4 is 16.0 Å². The Morgan fingerprint density at radius 2 is 2.10 bits per heavy atom. The summed E-state index contributed by atoms with van der Waals surface area (Å²) in [6, 6.07) is 0. The van der Waals surface area contributed by atoms with Crippen LogP contribution in [0.1, 0.15) is 25.7 Å². The highest BCUT2D eigenvalue weighted by Gasteiger charge is 2.15. The Labute approximate surface area is 117 Å². The summed E-state index contributed by atoms with van der Waals surface area (Å²) in [6.07, 6.45) is 4.42. The van der Waals surface area contributed by atoms with Crippen LogP contribution in [0.2, 0.25) is 0 Å². The van der Waals surface area contributed by atoms with Crippen LogP contribution >= 0.6 is 0 Å². The number of aliphatic carboxylic acids is 1. The van der Waals surface area contributed by atoms with Gasteiger partial charge in [-0.2, -0.15) is 5.10 Å². The molecule has 0 saturated carbocycles. The molecular formula is C11H19N3O5S. The molecule has 1 heterocycles. The van der Waals surface area contributed by atoms with Crippen LogP contribution in [0.15, 0.2) is 17.3 Å². The van der Waals surface area contributed by atoms with Crippen molar-refractivity contribution in [3.63, 3.8) is 0 Å². The van der Waals surface area contributed by atoms with Gasteiger partial charge in [-0.15, -0.1) is 0 Å². The monoisotopic (exact) mass is 305 g/mol. The predicted octanol–water partition coefficient (Wildman–Crippen LogP) is -0.201. The third-order valence-corrected chi connectivity index (χ3v) is 4.02. The van der Waals surface area contributed by atoms with E-state index in [9.17, 15) is 13.2 Å². The maximum Gasteiger partial charge on any atom is 0.305 e. The molecule has 3 N–H and O–H groups in total. The fraction of sp³-hybridized carbons (Fsp3) is 0.636. The van der Waals surface area contributed by atoms with Gasteiger partial charge in [0, 0.05) is 19.3 Å². The molecule has 0 aromatic carbocycles. The van der Waals surface area contributed by atoms with E-state index in [1.807, 2.05) is 0 Å². The normalized spacial score (nSPS) is 11.7. The number of unbranched alkanes of at least 4 members (excludes halogenated alkanes) is 2. The highest BCUT2D eigenvalue weighted by molar-refractivity contribution is 7.89. The van der Waals surface area contributed by atoms with Crippen molar-refractivity contribution < 1.29 is 23.4 Å². The van der Waals surface area contributed by atoms with Gasteiger partial charge in [0.1, 0.15) is 4.90 Å². The number of aliphatic hydroxyl groups is 1. The van der Waals surface area contributed by atoms with Crippen molar-refractivity contribution in [2.24, 2.45) is 0 Å². The highest BCUT2D eigenvalue weighted by atomic mass is 32.2. The van der Waals surface area contributed by atoms with E-state index in [0.717, 1.165) is 6.42 Å². The molecule has 0 saturated heterocycles. The van der Waals surface area contributed by atoms with Crippen molar-refractivity contribution in [2.45, 2.75) is 37.1 Å². The molecule has 0 radical (unpaired) electrons. The van der Waals surface area contributed by atoms with Crippen molar-refractivity contribution in [2.75, 3.05) is 13.2 Å². The second-order valence-corrected chi connectivity index (χ2v) is 6.03. The van der Waals surface area contributed by atoms with Crippen molar-refractivity contribution in [1.82, 2.24) is 14.5 Å². The van der Waals surface area contributed by atoms with Gasteiger partial charge in [-0.1, -0.05) is 0 Å². The maximum absolute atomic E-state index is 11.9. The molecule has 0 aliphatic carbocycles. The van der Waals surface area contributed by atoms with E-state index in [0.29, 0.717) is 19.4 Å². The van der Waals surface area contributed by atoms with Crippen molar-refractivity contribution in [3.8, 4) is 0 Å². The highest BCUT2D eigenvalue weighted by Crippen LogP contribution is 2.07. The first-order valence-corrected chi connectivity index (χ1v) is 7.79. The van der Waals surface area contributed by atoms with Crippen LogP contribution in [-0.4, -0.2) is 47.5 Å². The minimum absolute atomic E-state index is 0.0186. The van der Waals surface area contributed by atoms with Gasteiger partial charge in [0.05, 0.1) is 19.2 Å². The number of carboxylic acids is 1. The van der Waals surface area contributed by atoms with E-state index in [2.05, 4.69) is 9.82 Å². The number of hydrogen-bond acceptors (Lipinski definition) is 5. The minimum Gasteiger partial charge on any atom is -0.481 e. The Balaban J connectivity index is 2.48. The summed E-state index contributed by atoms with van der Waals surface area (Å²) in [4.78, 5) is 10.4. The molecule has 20 heavy (non-hydrogen) atoms. The number of aryl methyl sites for hydroxylation is 1. The summed E-state index contributed by atoms with van der Waals surface area (Å²) < 4.78 is 27.5. The fourth-order valence-corrected chi connectivity index (χ4v) is 2.55. The predicted molar refractivity (Wildman–Crippen MR) is 70.6 cm³/mol. The standard InChI is InChI=1S/C11H19N3O5S/c15-7-3-1-2-5-13-20(18,19)10-8-12-14(9-10)6-4-11(16)17/h8-9,13,15H,1-7H2,(H,16,17). The van der Waals surface area contributed by atoms with E-state index in [1.54, 1.807) is 0 Å². The summed E-state index contributed by atoms with van der Waals surface area (Å²) in [5.74, 6) is -0.966. The van der Waals surface area contributed by atoms with E-state index in [1.165, 1.54) is 17.1 Å². The van der Waals surface area contributed by atoms with Gasteiger partial charge in [-0.25, -0.2) is 13.1 Å². The van der Waals surface area contributed by atoms with Gasteiger partial charge >= 0.3 is 5.97 Å². The first-order valence-electron chi connectivity index (χ1n) is 6.30. The molecule has 0 amide bonds. The van der Waals surface area contributed by atoms with Crippen molar-refractivity contribution in [1.29, 1.82) is 0 Å². The molecule has 114 valence electrons. The molecule has 0 fully saturated rings. The zero-order valence-electron chi connectivity index (χ0n) is 11.0. The summed E-state index contributed by atoms with van der Waals surface area (Å²) in [5, 5.41) is 21.0. The van der Waals surface area contributed by atoms with E-state index in [4.69, 9.17) is 10.2 Å². The SMILES string of the molecule is O=C(O)CCn1cc(S(=O)(=O)NCCCCCO)cn1. The number of aromatic nitrogens is 2. The Bertz CT molecular complexity index is 526. The van der Waals surface area contributed by atoms with Crippen LogP contribution < -0.4 is 4.72 Å². The quantitative estimate of drug-likeness (QED) is 0.515. The van der Waals surface area contributed by atoms with Crippen LogP contribution in [0.4, 0.5) is 0 Å². The maximum atomic E-state index is 11.9. The second-order valence-electron chi connectivity index (χ2n) is 4.26. The summed E-state index contributed by atoms with van der Waals surface area (Å²) in [5.41, 5.74) is 0. The number of hydrogen-bond donors (Lipinski definition) is 3. The van der Waals surface area contributed by atoms with Gasteiger partial charge in [-0.05, 0) is 19.3 Å². The average molecular weight is 305 g/mol. The number of aliphatic hydroxyl groups excluding tert-OH is 1. The molecule has 9 heteroatoms. The first-order chi connectivity index (χ1) is 9.45. The Morgan fingerprint density at radius 1 is 1.35 bits per heavy atom. The number of nitrogens with one attached hydrogen (secondary N) is 1. The number of carboxylic acid groups (broad SMARTS) is 1. The van der Waals surface area contributed by atoms with E-state index < -0.39 is 16.0 Å². The zero-order chi connectivity index (χ0) is 15.0. The van der Waals surface area contributed by atoms with Gasteiger partial charge < -0.3 is 10.2 Å². The molecule has 1 aromatic rings. The Hall–Kier alpha value is -1.45. The topological polar surface area (TPSA) is 122 Å². The number of nitrogens with zero attached hydrogens (tertiary/aromatic N) is 2. The molecule has 0 unspecified atom stereocenters. The lowest BCUT2D eigenvalue weighted by atomic mass is 10.2. The van der Waals surface area contributed by atoms with Gasteiger partial charge in [0.15, 0.2) is 0 Å². The smallest absolute Gasteiger partial charge is 0.305 e. The Kier molecular flexibility index (Phi) is 6.62. The molecule has 0 atom stereocenters. The van der Waals surface area contributed by atoms with Crippen molar-refractivity contribution in [3.05, 3.63) is 12.4 Å². The lowest BCUT2D eigenvalue weighted by Gasteiger charge is -2.04. The summed E-state index contributed by atoms with van der Waals surface area (Å²) >= 11 is 0. The average Bonchev–Trinajstić information content (AvgIpc) is 2.85. The van der Waals surface area contributed by atoms with Gasteiger partial charge in [0.2, 0.25) is 10.0 Å². The van der Waals surface area contributed by atoms with E-state index in [-0.39, 0.29) is 24.5 Å². The Morgan fingerprint density at radius 3 is 2.75 bits per heavy atom. The molecule has 0 bridgehead atoms. The summed E-state index contributed by atoms with van der Waals surface area (Å²) in [7, 11) is -3.61. The largest absolute Gasteiger partial charge is 0.481 e. The number of rotatable bonds is 10. The molecule has 0 spiro atoms. The molecule has 1 aromatic heterocycles. The lowest BCUT2D eigenvalue weighted by Crippen LogP contribution is -2.24. The summed E-state index contributed by atoms with van der Waals surface area (Å²) in [6.45, 7) is 0.521. The van der Waals surface area contributed by atoms with Crippen LogP contribution in [0.5, 0.6) is 0 Å². The number of carbonyl (C=O) groups is 1. The number of sulfonamides is 1. The van der Waals surface area contributed by atoms with Crippen LogP contribution in [-0.2, 0) is 21.4 Å². The molecule has 0 aliphatic rings. The van der Waals surface area contributed by atoms with Gasteiger partial charge in [0.25, 0.3) is 0 Å².